The fourth-order valence-corrected chi connectivity index (χ4v) is 1.99. The first kappa shape index (κ1) is 17.6. The van der Waals surface area contributed by atoms with Gasteiger partial charge in [-0.2, -0.15) is 0 Å². The van der Waals surface area contributed by atoms with E-state index in [1.807, 2.05) is 0 Å². The van der Waals surface area contributed by atoms with Crippen LogP contribution < -0.4 is 10.1 Å². The lowest BCUT2D eigenvalue weighted by atomic mass is 10.2. The number of nitrogens with zero attached hydrogens (tertiary/aromatic N) is 1. The number of nitrogens with one attached hydrogen (secondary N) is 1. The summed E-state index contributed by atoms with van der Waals surface area (Å²) in [7, 11) is 1.32. The summed E-state index contributed by atoms with van der Waals surface area (Å²) in [6, 6.07) is 4.00. The first-order valence-corrected chi connectivity index (χ1v) is 7.21. The summed E-state index contributed by atoms with van der Waals surface area (Å²) in [5.74, 6) is -0.897. The van der Waals surface area contributed by atoms with Gasteiger partial charge < -0.3 is 24.4 Å². The lowest BCUT2D eigenvalue weighted by Gasteiger charge is -2.13. The number of anilines is 1. The Labute approximate surface area is 142 Å². The minimum atomic E-state index is -1.09. The molecule has 0 saturated carbocycles. The normalized spacial score (nSPS) is 11.7. The molecular formula is C15H15ClN2O6. The van der Waals surface area contributed by atoms with Crippen molar-refractivity contribution in [2.45, 2.75) is 20.0 Å². The number of phenolic OH excluding ortho intramolecular Hbond substituents is 1. The number of benzene rings is 1. The molecule has 2 N–H and O–H groups in total. The van der Waals surface area contributed by atoms with Crippen molar-refractivity contribution in [2.24, 2.45) is 0 Å². The number of carbonyl (C=O) groups excluding carboxylic acids is 2. The highest BCUT2D eigenvalue weighted by molar-refractivity contribution is 6.32. The molecule has 1 atom stereocenters. The number of aryl methyl sites for hydroxylation is 1. The quantitative estimate of drug-likeness (QED) is 0.793. The van der Waals surface area contributed by atoms with Crippen LogP contribution in [-0.2, 0) is 9.53 Å². The maximum absolute atomic E-state index is 12.1. The van der Waals surface area contributed by atoms with E-state index >= 15 is 0 Å². The highest BCUT2D eigenvalue weighted by Crippen LogP contribution is 2.35. The molecule has 0 spiro atoms. The van der Waals surface area contributed by atoms with E-state index in [2.05, 4.69) is 10.5 Å². The zero-order valence-electron chi connectivity index (χ0n) is 13.1. The van der Waals surface area contributed by atoms with Gasteiger partial charge >= 0.3 is 5.97 Å². The standard InChI is InChI=1S/C15H15ClN2O6/c1-7-4-12(18-24-7)17-14(20)8(2)23-15(21)9-5-10(16)13(19)11(6-9)22-3/h4-6,8,19H,1-3H3,(H,17,18,20)/t8-/m0/s1. The molecule has 1 amide bonds. The third-order valence-electron chi connectivity index (χ3n) is 3.02. The zero-order valence-corrected chi connectivity index (χ0v) is 13.9. The molecule has 8 nitrogen and oxygen atoms in total. The summed E-state index contributed by atoms with van der Waals surface area (Å²) in [4.78, 5) is 24.1. The van der Waals surface area contributed by atoms with E-state index in [1.165, 1.54) is 32.2 Å². The van der Waals surface area contributed by atoms with E-state index in [4.69, 9.17) is 25.6 Å². The average molecular weight is 355 g/mol. The number of carbonyl (C=O) groups is 2. The first-order chi connectivity index (χ1) is 11.3. The van der Waals surface area contributed by atoms with Gasteiger partial charge in [-0.05, 0) is 26.0 Å². The van der Waals surface area contributed by atoms with Crippen LogP contribution in [0, 0.1) is 6.92 Å². The molecule has 0 bridgehead atoms. The van der Waals surface area contributed by atoms with Gasteiger partial charge in [0.1, 0.15) is 5.76 Å². The van der Waals surface area contributed by atoms with E-state index in [0.717, 1.165) is 0 Å². The SMILES string of the molecule is COc1cc(C(=O)O[C@@H](C)C(=O)Nc2cc(C)on2)cc(Cl)c1O. The number of hydrogen-bond acceptors (Lipinski definition) is 7. The van der Waals surface area contributed by atoms with Crippen molar-refractivity contribution in [3.05, 3.63) is 34.5 Å². The smallest absolute Gasteiger partial charge is 0.339 e. The van der Waals surface area contributed by atoms with Gasteiger partial charge in [0.15, 0.2) is 23.4 Å². The molecular weight excluding hydrogens is 340 g/mol. The van der Waals surface area contributed by atoms with Gasteiger partial charge in [-0.1, -0.05) is 16.8 Å². The van der Waals surface area contributed by atoms with Crippen LogP contribution >= 0.6 is 11.6 Å². The molecule has 1 aromatic heterocycles. The molecule has 0 saturated heterocycles. The number of methoxy groups -OCH3 is 1. The van der Waals surface area contributed by atoms with Gasteiger partial charge in [0.2, 0.25) is 0 Å². The third-order valence-corrected chi connectivity index (χ3v) is 3.30. The summed E-state index contributed by atoms with van der Waals surface area (Å²) in [6.45, 7) is 3.08. The van der Waals surface area contributed by atoms with Gasteiger partial charge in [-0.25, -0.2) is 4.79 Å². The highest BCUT2D eigenvalue weighted by atomic mass is 35.5. The molecule has 2 rings (SSSR count). The Morgan fingerprint density at radius 3 is 2.67 bits per heavy atom. The Morgan fingerprint density at radius 2 is 2.08 bits per heavy atom. The summed E-state index contributed by atoms with van der Waals surface area (Å²) in [6.07, 6.45) is -1.09. The third kappa shape index (κ3) is 3.96. The Bertz CT molecular complexity index is 773. The Hall–Kier alpha value is -2.74. The van der Waals surface area contributed by atoms with E-state index in [0.29, 0.717) is 5.76 Å². The molecule has 9 heteroatoms. The molecule has 0 unspecified atom stereocenters. The van der Waals surface area contributed by atoms with Crippen LogP contribution in [0.5, 0.6) is 11.5 Å². The number of aromatic hydroxyl groups is 1. The highest BCUT2D eigenvalue weighted by Gasteiger charge is 2.22. The van der Waals surface area contributed by atoms with Crippen molar-refractivity contribution < 1.29 is 28.7 Å². The predicted octanol–water partition coefficient (Wildman–Crippen LogP) is 2.53. The van der Waals surface area contributed by atoms with Gasteiger partial charge in [0.25, 0.3) is 5.91 Å². The van der Waals surface area contributed by atoms with Gasteiger partial charge in [0.05, 0.1) is 17.7 Å². The summed E-state index contributed by atoms with van der Waals surface area (Å²) < 4.78 is 14.8. The number of phenols is 1. The average Bonchev–Trinajstić information content (AvgIpc) is 2.94. The maximum Gasteiger partial charge on any atom is 0.339 e. The van der Waals surface area contributed by atoms with E-state index in [9.17, 15) is 14.7 Å². The number of rotatable bonds is 5. The molecule has 24 heavy (non-hydrogen) atoms. The Balaban J connectivity index is 2.05. The number of amides is 1. The molecule has 0 aliphatic heterocycles. The molecule has 128 valence electrons. The van der Waals surface area contributed by atoms with Gasteiger partial charge in [0, 0.05) is 6.07 Å². The van der Waals surface area contributed by atoms with Crippen LogP contribution in [0.3, 0.4) is 0 Å². The topological polar surface area (TPSA) is 111 Å². The van der Waals surface area contributed by atoms with Gasteiger partial charge in [-0.3, -0.25) is 4.79 Å². The molecule has 1 heterocycles. The second-order valence-corrected chi connectivity index (χ2v) is 5.28. The van der Waals surface area contributed by atoms with E-state index < -0.39 is 18.0 Å². The van der Waals surface area contributed by atoms with Crippen LogP contribution in [-0.4, -0.2) is 35.4 Å². The lowest BCUT2D eigenvalue weighted by Crippen LogP contribution is -2.30. The number of aromatic nitrogens is 1. The lowest BCUT2D eigenvalue weighted by molar-refractivity contribution is -0.123. The number of ether oxygens (including phenoxy) is 2. The molecule has 0 fully saturated rings. The fraction of sp³-hybridized carbons (Fsp3) is 0.267. The van der Waals surface area contributed by atoms with Crippen molar-refractivity contribution >= 4 is 29.3 Å². The predicted molar refractivity (Wildman–Crippen MR) is 84.4 cm³/mol. The van der Waals surface area contributed by atoms with Crippen LogP contribution in [0.1, 0.15) is 23.0 Å². The molecule has 0 radical (unpaired) electrons. The number of halogens is 1. The summed E-state index contributed by atoms with van der Waals surface area (Å²) in [5, 5.41) is 15.6. The first-order valence-electron chi connectivity index (χ1n) is 6.83. The zero-order chi connectivity index (χ0) is 17.9. The van der Waals surface area contributed by atoms with E-state index in [-0.39, 0.29) is 27.9 Å². The largest absolute Gasteiger partial charge is 0.503 e. The minimum absolute atomic E-state index is 0.0182. The van der Waals surface area contributed by atoms with Crippen molar-refractivity contribution in [3.63, 3.8) is 0 Å². The number of hydrogen-bond donors (Lipinski definition) is 2. The summed E-state index contributed by atoms with van der Waals surface area (Å²) >= 11 is 5.81. The monoisotopic (exact) mass is 354 g/mol. The van der Waals surface area contributed by atoms with Crippen LogP contribution in [0.4, 0.5) is 5.82 Å². The fourth-order valence-electron chi connectivity index (χ4n) is 1.78. The van der Waals surface area contributed by atoms with Crippen LogP contribution in [0.15, 0.2) is 22.7 Å². The minimum Gasteiger partial charge on any atom is -0.503 e. The molecule has 0 aliphatic rings. The molecule has 0 aliphatic carbocycles. The Kier molecular flexibility index (Phi) is 5.30. The van der Waals surface area contributed by atoms with Crippen molar-refractivity contribution in [3.8, 4) is 11.5 Å². The number of esters is 1. The second kappa shape index (κ2) is 7.22. The molecule has 1 aromatic carbocycles. The second-order valence-electron chi connectivity index (χ2n) is 4.87. The van der Waals surface area contributed by atoms with E-state index in [1.54, 1.807) is 6.92 Å². The molecule has 2 aromatic rings. The van der Waals surface area contributed by atoms with Crippen molar-refractivity contribution in [1.29, 1.82) is 0 Å². The van der Waals surface area contributed by atoms with Gasteiger partial charge in [-0.15, -0.1) is 0 Å². The van der Waals surface area contributed by atoms with Crippen molar-refractivity contribution in [2.75, 3.05) is 12.4 Å². The van der Waals surface area contributed by atoms with Crippen LogP contribution in [0.25, 0.3) is 0 Å². The Morgan fingerprint density at radius 1 is 1.38 bits per heavy atom. The maximum atomic E-state index is 12.1. The van der Waals surface area contributed by atoms with Crippen molar-refractivity contribution in [1.82, 2.24) is 5.16 Å². The van der Waals surface area contributed by atoms with Crippen LogP contribution in [0.2, 0.25) is 5.02 Å². The summed E-state index contributed by atoms with van der Waals surface area (Å²) in [5.41, 5.74) is 0.0339.